The molecule has 2 unspecified atom stereocenters. The number of nitrogens with one attached hydrogen (secondary N) is 1. The van der Waals surface area contributed by atoms with Crippen molar-refractivity contribution in [3.63, 3.8) is 0 Å². The molecule has 2 amide bonds. The second-order valence-electron chi connectivity index (χ2n) is 5.23. The molecular formula is C14H13N3O2. The van der Waals surface area contributed by atoms with Gasteiger partial charge in [-0.25, -0.2) is 4.98 Å². The zero-order chi connectivity index (χ0) is 13.0. The number of nitrogens with zero attached hydrogens (tertiary/aromatic N) is 2. The largest absolute Gasteiger partial charge is 0.342 e. The number of hydrogen-bond acceptors (Lipinski definition) is 3. The number of carbonyl (C=O) groups is 2. The zero-order valence-electron chi connectivity index (χ0n) is 10.3. The molecule has 19 heavy (non-hydrogen) atoms. The molecule has 2 atom stereocenters. The van der Waals surface area contributed by atoms with Crippen molar-refractivity contribution in [3.05, 3.63) is 30.1 Å². The maximum absolute atomic E-state index is 11.8. The fourth-order valence-corrected chi connectivity index (χ4v) is 2.81. The number of imidazole rings is 1. The van der Waals surface area contributed by atoms with E-state index in [0.717, 1.165) is 23.3 Å². The molecule has 1 aliphatic carbocycles. The standard InChI is InChI=1S/C14H13N3O2/c18-13-8-7-9(8)14(19)17(13)6-5-12-15-10-3-1-2-4-11(10)16-12/h1-4,8-9H,5-7H2,(H,15,16). The number of hydrogen-bond donors (Lipinski definition) is 1. The number of rotatable bonds is 3. The number of H-pyrrole nitrogens is 1. The predicted molar refractivity (Wildman–Crippen MR) is 68.1 cm³/mol. The van der Waals surface area contributed by atoms with E-state index in [-0.39, 0.29) is 23.7 Å². The summed E-state index contributed by atoms with van der Waals surface area (Å²) in [5.74, 6) is 0.811. The minimum atomic E-state index is -0.0110. The highest BCUT2D eigenvalue weighted by molar-refractivity contribution is 6.08. The van der Waals surface area contributed by atoms with E-state index in [2.05, 4.69) is 9.97 Å². The summed E-state index contributed by atoms with van der Waals surface area (Å²) in [5, 5.41) is 0. The van der Waals surface area contributed by atoms with E-state index in [4.69, 9.17) is 0 Å². The lowest BCUT2D eigenvalue weighted by atomic mass is 10.3. The molecule has 0 bridgehead atoms. The third-order valence-corrected chi connectivity index (χ3v) is 3.97. The number of benzene rings is 1. The van der Waals surface area contributed by atoms with E-state index in [9.17, 15) is 9.59 Å². The molecule has 0 radical (unpaired) electrons. The number of piperidine rings is 1. The fraction of sp³-hybridized carbons (Fsp3) is 0.357. The quantitative estimate of drug-likeness (QED) is 0.835. The summed E-state index contributed by atoms with van der Waals surface area (Å²) in [4.78, 5) is 32.7. The maximum Gasteiger partial charge on any atom is 0.233 e. The summed E-state index contributed by atoms with van der Waals surface area (Å²) in [7, 11) is 0. The van der Waals surface area contributed by atoms with Crippen molar-refractivity contribution < 1.29 is 9.59 Å². The molecule has 1 saturated carbocycles. The molecule has 1 saturated heterocycles. The number of imide groups is 1. The Hall–Kier alpha value is -2.17. The Morgan fingerprint density at radius 2 is 1.95 bits per heavy atom. The number of aromatic amines is 1. The molecule has 2 aromatic rings. The number of carbonyl (C=O) groups excluding carboxylic acids is 2. The van der Waals surface area contributed by atoms with Gasteiger partial charge in [0.25, 0.3) is 0 Å². The Morgan fingerprint density at radius 1 is 1.21 bits per heavy atom. The fourth-order valence-electron chi connectivity index (χ4n) is 2.81. The van der Waals surface area contributed by atoms with Crippen LogP contribution in [-0.2, 0) is 16.0 Å². The number of para-hydroxylation sites is 2. The van der Waals surface area contributed by atoms with Gasteiger partial charge in [0.1, 0.15) is 5.82 Å². The molecule has 2 aliphatic rings. The Bertz CT molecular complexity index is 638. The summed E-state index contributed by atoms with van der Waals surface area (Å²) in [6.45, 7) is 0.435. The van der Waals surface area contributed by atoms with E-state index in [0.29, 0.717) is 13.0 Å². The number of likely N-dealkylation sites (tertiary alicyclic amines) is 1. The average molecular weight is 255 g/mol. The summed E-state index contributed by atoms with van der Waals surface area (Å²) in [6.07, 6.45) is 1.35. The Labute approximate surface area is 109 Å². The van der Waals surface area contributed by atoms with E-state index in [1.165, 1.54) is 4.90 Å². The molecule has 5 heteroatoms. The molecule has 96 valence electrons. The van der Waals surface area contributed by atoms with Gasteiger partial charge in [0.2, 0.25) is 11.8 Å². The number of fused-ring (bicyclic) bond motifs is 2. The normalized spacial score (nSPS) is 25.2. The molecule has 2 heterocycles. The third-order valence-electron chi connectivity index (χ3n) is 3.97. The van der Waals surface area contributed by atoms with Crippen LogP contribution in [0.5, 0.6) is 0 Å². The molecule has 4 rings (SSSR count). The minimum absolute atomic E-state index is 0.00566. The van der Waals surface area contributed by atoms with Gasteiger partial charge in [0.05, 0.1) is 22.9 Å². The second kappa shape index (κ2) is 3.66. The van der Waals surface area contributed by atoms with E-state index in [1.54, 1.807) is 0 Å². The third kappa shape index (κ3) is 1.58. The van der Waals surface area contributed by atoms with Crippen LogP contribution in [-0.4, -0.2) is 33.2 Å². The first kappa shape index (κ1) is 10.7. The summed E-state index contributed by atoms with van der Waals surface area (Å²) in [5.41, 5.74) is 1.90. The second-order valence-corrected chi connectivity index (χ2v) is 5.23. The molecule has 1 aliphatic heterocycles. The van der Waals surface area contributed by atoms with Crippen LogP contribution < -0.4 is 0 Å². The highest BCUT2D eigenvalue weighted by atomic mass is 16.2. The zero-order valence-corrected chi connectivity index (χ0v) is 10.3. The molecule has 2 fully saturated rings. The summed E-state index contributed by atoms with van der Waals surface area (Å²) >= 11 is 0. The van der Waals surface area contributed by atoms with Crippen LogP contribution in [0.1, 0.15) is 12.2 Å². The van der Waals surface area contributed by atoms with Crippen molar-refractivity contribution in [1.29, 1.82) is 0 Å². The number of amides is 2. The SMILES string of the molecule is O=C1C2CC2C(=O)N1CCc1nc2ccccc2[nH]1. The summed E-state index contributed by atoms with van der Waals surface area (Å²) in [6, 6.07) is 7.79. The van der Waals surface area contributed by atoms with Gasteiger partial charge in [-0.15, -0.1) is 0 Å². The Balaban J connectivity index is 1.50. The van der Waals surface area contributed by atoms with Gasteiger partial charge < -0.3 is 4.98 Å². The first-order chi connectivity index (χ1) is 9.24. The lowest BCUT2D eigenvalue weighted by molar-refractivity contribution is -0.141. The van der Waals surface area contributed by atoms with E-state index in [1.807, 2.05) is 24.3 Å². The Kier molecular flexibility index (Phi) is 2.07. The molecule has 0 spiro atoms. The van der Waals surface area contributed by atoms with Crippen molar-refractivity contribution in [2.45, 2.75) is 12.8 Å². The van der Waals surface area contributed by atoms with Crippen LogP contribution in [0.2, 0.25) is 0 Å². The van der Waals surface area contributed by atoms with Crippen molar-refractivity contribution >= 4 is 22.8 Å². The van der Waals surface area contributed by atoms with Gasteiger partial charge in [0.15, 0.2) is 0 Å². The van der Waals surface area contributed by atoms with Crippen LogP contribution in [0.3, 0.4) is 0 Å². The van der Waals surface area contributed by atoms with E-state index >= 15 is 0 Å². The van der Waals surface area contributed by atoms with Gasteiger partial charge in [-0.05, 0) is 18.6 Å². The summed E-state index contributed by atoms with van der Waals surface area (Å²) < 4.78 is 0. The van der Waals surface area contributed by atoms with Gasteiger partial charge in [-0.2, -0.15) is 0 Å². The lowest BCUT2D eigenvalue weighted by Gasteiger charge is -2.15. The van der Waals surface area contributed by atoms with Crippen molar-refractivity contribution in [2.75, 3.05) is 6.54 Å². The van der Waals surface area contributed by atoms with Crippen molar-refractivity contribution in [1.82, 2.24) is 14.9 Å². The molecule has 1 aromatic carbocycles. The number of aromatic nitrogens is 2. The average Bonchev–Trinajstić information content (AvgIpc) is 3.05. The first-order valence-corrected chi connectivity index (χ1v) is 6.53. The van der Waals surface area contributed by atoms with Gasteiger partial charge in [-0.1, -0.05) is 12.1 Å². The van der Waals surface area contributed by atoms with Crippen LogP contribution in [0.4, 0.5) is 0 Å². The molecular weight excluding hydrogens is 242 g/mol. The first-order valence-electron chi connectivity index (χ1n) is 6.53. The van der Waals surface area contributed by atoms with Crippen LogP contribution in [0.25, 0.3) is 11.0 Å². The maximum atomic E-state index is 11.8. The van der Waals surface area contributed by atoms with Crippen molar-refractivity contribution in [2.24, 2.45) is 11.8 Å². The monoisotopic (exact) mass is 255 g/mol. The van der Waals surface area contributed by atoms with E-state index < -0.39 is 0 Å². The van der Waals surface area contributed by atoms with Gasteiger partial charge in [0, 0.05) is 13.0 Å². The smallest absolute Gasteiger partial charge is 0.233 e. The van der Waals surface area contributed by atoms with Gasteiger partial charge >= 0.3 is 0 Å². The molecule has 1 aromatic heterocycles. The highest BCUT2D eigenvalue weighted by Crippen LogP contribution is 2.46. The molecule has 5 nitrogen and oxygen atoms in total. The van der Waals surface area contributed by atoms with Crippen LogP contribution >= 0.6 is 0 Å². The predicted octanol–water partition coefficient (Wildman–Crippen LogP) is 1.11. The minimum Gasteiger partial charge on any atom is -0.342 e. The topological polar surface area (TPSA) is 66.1 Å². The van der Waals surface area contributed by atoms with Gasteiger partial charge in [-0.3, -0.25) is 14.5 Å². The Morgan fingerprint density at radius 3 is 2.68 bits per heavy atom. The molecule has 1 N–H and O–H groups in total. The van der Waals surface area contributed by atoms with Crippen LogP contribution in [0, 0.1) is 11.8 Å². The highest BCUT2D eigenvalue weighted by Gasteiger charge is 2.58. The van der Waals surface area contributed by atoms with Crippen LogP contribution in [0.15, 0.2) is 24.3 Å². The lowest BCUT2D eigenvalue weighted by Crippen LogP contribution is -2.34. The van der Waals surface area contributed by atoms with Crippen molar-refractivity contribution in [3.8, 4) is 0 Å².